The molecule has 46 heavy (non-hydrogen) atoms. The number of rotatable bonds is 8. The molecule has 0 saturated carbocycles. The van der Waals surface area contributed by atoms with Crippen LogP contribution in [-0.4, -0.2) is 74.2 Å². The van der Waals surface area contributed by atoms with Crippen molar-refractivity contribution in [2.24, 2.45) is 0 Å². The van der Waals surface area contributed by atoms with Gasteiger partial charge < -0.3 is 40.4 Å². The molecule has 234 valence electrons. The van der Waals surface area contributed by atoms with Gasteiger partial charge in [0.15, 0.2) is 28.6 Å². The molecule has 1 unspecified atom stereocenters. The molecule has 0 bridgehead atoms. The number of carboxylic acid groups (broad SMARTS) is 3. The van der Waals surface area contributed by atoms with Crippen LogP contribution in [-0.2, 0) is 15.9 Å². The van der Waals surface area contributed by atoms with Crippen molar-refractivity contribution in [3.05, 3.63) is 129 Å². The normalized spacial score (nSPS) is 23.3. The highest BCUT2D eigenvalue weighted by atomic mass is 16.6. The summed E-state index contributed by atoms with van der Waals surface area (Å²) in [7, 11) is 0. The van der Waals surface area contributed by atoms with E-state index in [0.29, 0.717) is 0 Å². The molecule has 0 amide bonds. The van der Waals surface area contributed by atoms with E-state index in [1.165, 1.54) is 54.6 Å². The van der Waals surface area contributed by atoms with Crippen molar-refractivity contribution in [1.82, 2.24) is 19.5 Å². The number of aromatic nitrogens is 4. The number of aliphatic hydroxyl groups excluding tert-OH is 1. The van der Waals surface area contributed by atoms with E-state index in [9.17, 15) is 49.8 Å². The number of hydrogen-bond acceptors (Lipinski definition) is 10. The number of aromatic carboxylic acids is 3. The Labute approximate surface area is 257 Å². The van der Waals surface area contributed by atoms with Crippen LogP contribution in [0.15, 0.2) is 90.2 Å². The monoisotopic (exact) mass is 628 g/mol. The maximum absolute atomic E-state index is 13.1. The number of nitrogens with one attached hydrogen (secondary N) is 1. The molecule has 5 atom stereocenters. The number of aliphatic hydroxyl groups is 3. The van der Waals surface area contributed by atoms with Crippen LogP contribution in [0.4, 0.5) is 0 Å². The fourth-order valence-electron chi connectivity index (χ4n) is 6.16. The Morgan fingerprint density at radius 1 is 0.783 bits per heavy atom. The van der Waals surface area contributed by atoms with Crippen LogP contribution in [0.1, 0.15) is 60.1 Å². The SMILES string of the molecule is O=C(O)c1ccccc1C(O)[C@H]1O[C@@H](n2cnc3c(=O)[nH]cnc32)[C@@](O)(c2ccccc2C(=O)O)[C@@]1(O)c1ccccc1C(=O)O. The summed E-state index contributed by atoms with van der Waals surface area (Å²) in [4.78, 5) is 60.3. The van der Waals surface area contributed by atoms with Crippen molar-refractivity contribution >= 4 is 29.1 Å². The molecule has 1 fully saturated rings. The van der Waals surface area contributed by atoms with Gasteiger partial charge in [-0.2, -0.15) is 0 Å². The molecule has 1 aliphatic rings. The van der Waals surface area contributed by atoms with Crippen LogP contribution in [0.3, 0.4) is 0 Å². The van der Waals surface area contributed by atoms with Crippen molar-refractivity contribution < 1.29 is 49.8 Å². The molecule has 2 aromatic heterocycles. The zero-order valence-corrected chi connectivity index (χ0v) is 23.4. The van der Waals surface area contributed by atoms with Gasteiger partial charge in [0.25, 0.3) is 5.56 Å². The fourth-order valence-corrected chi connectivity index (χ4v) is 6.16. The molecular weight excluding hydrogens is 604 g/mol. The van der Waals surface area contributed by atoms with Crippen molar-refractivity contribution in [3.8, 4) is 0 Å². The van der Waals surface area contributed by atoms with Gasteiger partial charge >= 0.3 is 17.9 Å². The van der Waals surface area contributed by atoms with Gasteiger partial charge in [0.1, 0.15) is 12.2 Å². The van der Waals surface area contributed by atoms with E-state index in [0.717, 1.165) is 35.4 Å². The van der Waals surface area contributed by atoms with Gasteiger partial charge in [0.05, 0.1) is 29.3 Å². The Hall–Kier alpha value is -5.74. The first-order valence-electron chi connectivity index (χ1n) is 13.6. The van der Waals surface area contributed by atoms with Crippen molar-refractivity contribution in [1.29, 1.82) is 0 Å². The summed E-state index contributed by atoms with van der Waals surface area (Å²) >= 11 is 0. The van der Waals surface area contributed by atoms with Crippen molar-refractivity contribution in [3.63, 3.8) is 0 Å². The second-order valence-electron chi connectivity index (χ2n) is 10.5. The molecule has 0 aliphatic carbocycles. The van der Waals surface area contributed by atoms with E-state index in [4.69, 9.17) is 4.74 Å². The third-order valence-electron chi connectivity index (χ3n) is 8.18. The molecule has 7 N–H and O–H groups in total. The van der Waals surface area contributed by atoms with Gasteiger partial charge in [-0.25, -0.2) is 24.4 Å². The van der Waals surface area contributed by atoms with E-state index >= 15 is 0 Å². The lowest BCUT2D eigenvalue weighted by atomic mass is 9.67. The topological polar surface area (TPSA) is 245 Å². The number of carboxylic acids is 3. The number of fused-ring (bicyclic) bond motifs is 1. The molecule has 1 saturated heterocycles. The Morgan fingerprint density at radius 3 is 1.89 bits per heavy atom. The average molecular weight is 629 g/mol. The summed E-state index contributed by atoms with van der Waals surface area (Å²) in [6.07, 6.45) is -4.07. The molecule has 15 heteroatoms. The zero-order valence-electron chi connectivity index (χ0n) is 23.4. The Morgan fingerprint density at radius 2 is 1.30 bits per heavy atom. The summed E-state index contributed by atoms with van der Waals surface area (Å²) < 4.78 is 7.29. The molecule has 3 heterocycles. The van der Waals surface area contributed by atoms with E-state index in [2.05, 4.69) is 15.0 Å². The number of imidazole rings is 1. The summed E-state index contributed by atoms with van der Waals surface area (Å²) in [5, 5.41) is 68.2. The number of benzene rings is 3. The highest BCUT2D eigenvalue weighted by molar-refractivity contribution is 5.92. The quantitative estimate of drug-likeness (QED) is 0.129. The Balaban J connectivity index is 1.75. The number of aromatic amines is 1. The minimum Gasteiger partial charge on any atom is -0.478 e. The smallest absolute Gasteiger partial charge is 0.336 e. The van der Waals surface area contributed by atoms with E-state index in [1.807, 2.05) is 0 Å². The average Bonchev–Trinajstić information content (AvgIpc) is 3.58. The molecular formula is C31H24N4O11. The number of carbonyl (C=O) groups is 3. The Bertz CT molecular complexity index is 2090. The minimum atomic E-state index is -3.05. The third kappa shape index (κ3) is 4.29. The number of nitrogens with zero attached hydrogens (tertiary/aromatic N) is 3. The van der Waals surface area contributed by atoms with Crippen molar-refractivity contribution in [2.45, 2.75) is 29.6 Å². The molecule has 5 aromatic rings. The van der Waals surface area contributed by atoms with E-state index in [-0.39, 0.29) is 16.7 Å². The first-order valence-corrected chi connectivity index (χ1v) is 13.6. The van der Waals surface area contributed by atoms with Crippen LogP contribution < -0.4 is 5.56 Å². The lowest BCUT2D eigenvalue weighted by Crippen LogP contribution is -2.55. The lowest BCUT2D eigenvalue weighted by Gasteiger charge is -2.43. The van der Waals surface area contributed by atoms with Gasteiger partial charge in [0, 0.05) is 11.1 Å². The lowest BCUT2D eigenvalue weighted by molar-refractivity contribution is -0.175. The molecule has 1 aliphatic heterocycles. The molecule has 6 rings (SSSR count). The van der Waals surface area contributed by atoms with E-state index in [1.54, 1.807) is 0 Å². The second-order valence-corrected chi connectivity index (χ2v) is 10.5. The predicted molar refractivity (Wildman–Crippen MR) is 155 cm³/mol. The van der Waals surface area contributed by atoms with Crippen LogP contribution in [0.5, 0.6) is 0 Å². The van der Waals surface area contributed by atoms with Gasteiger partial charge in [-0.05, 0) is 23.8 Å². The number of H-pyrrole nitrogens is 1. The summed E-state index contributed by atoms with van der Waals surface area (Å²) in [5.74, 6) is -4.54. The van der Waals surface area contributed by atoms with Crippen LogP contribution in [0.2, 0.25) is 0 Å². The minimum absolute atomic E-state index is 0.185. The molecule has 15 nitrogen and oxygen atoms in total. The maximum atomic E-state index is 13.1. The van der Waals surface area contributed by atoms with Gasteiger partial charge in [-0.1, -0.05) is 54.6 Å². The third-order valence-corrected chi connectivity index (χ3v) is 8.18. The maximum Gasteiger partial charge on any atom is 0.336 e. The van der Waals surface area contributed by atoms with E-state index < -0.39 is 80.9 Å². The zero-order chi connectivity index (χ0) is 33.0. The van der Waals surface area contributed by atoms with Gasteiger partial charge in [0.2, 0.25) is 0 Å². The first-order chi connectivity index (χ1) is 21.9. The summed E-state index contributed by atoms with van der Waals surface area (Å²) in [5.41, 5.74) is -9.87. The summed E-state index contributed by atoms with van der Waals surface area (Å²) in [6.45, 7) is 0. The van der Waals surface area contributed by atoms with Gasteiger partial charge in [-0.15, -0.1) is 0 Å². The Kier molecular flexibility index (Phi) is 7.25. The largest absolute Gasteiger partial charge is 0.478 e. The number of hydrogen-bond donors (Lipinski definition) is 7. The highest BCUT2D eigenvalue weighted by Crippen LogP contribution is 2.60. The second kappa shape index (κ2) is 11.0. The molecule has 0 radical (unpaired) electrons. The molecule has 3 aromatic carbocycles. The van der Waals surface area contributed by atoms with Crippen LogP contribution in [0.25, 0.3) is 11.2 Å². The first kappa shape index (κ1) is 30.3. The van der Waals surface area contributed by atoms with Gasteiger partial charge in [-0.3, -0.25) is 9.36 Å². The fraction of sp³-hybridized carbons (Fsp3) is 0.161. The highest BCUT2D eigenvalue weighted by Gasteiger charge is 2.71. The van der Waals surface area contributed by atoms with Crippen LogP contribution in [0, 0.1) is 0 Å². The predicted octanol–water partition coefficient (Wildman–Crippen LogP) is 1.62. The molecule has 0 spiro atoms. The van der Waals surface area contributed by atoms with Crippen molar-refractivity contribution in [2.75, 3.05) is 0 Å². The van der Waals surface area contributed by atoms with Crippen LogP contribution >= 0.6 is 0 Å². The standard InChI is InChI=1S/C31H24N4O11/c36-22(15-7-1-2-8-16(15)26(38)39)23-30(44,19-11-5-3-9-17(19)27(40)41)31(45,20-12-6-4-10-18(20)28(42)43)29(46-23)35-14-34-21-24(35)32-13-33-25(21)37/h1-14,22-23,29,36,44-45H,(H,38,39)(H,40,41)(H,42,43)(H,32,33,37)/t22?,23-,29-,30-,31+/m1/s1. The number of ether oxygens (including phenoxy) is 1. The summed E-state index contributed by atoms with van der Waals surface area (Å²) in [6, 6.07) is 15.2.